The molecule has 4 rings (SSSR count). The van der Waals surface area contributed by atoms with Gasteiger partial charge in [-0.25, -0.2) is 4.98 Å². The van der Waals surface area contributed by atoms with E-state index in [2.05, 4.69) is 45.0 Å². The summed E-state index contributed by atoms with van der Waals surface area (Å²) >= 11 is 0. The molecule has 5 heteroatoms. The highest BCUT2D eigenvalue weighted by atomic mass is 16.5. The lowest BCUT2D eigenvalue weighted by Gasteiger charge is -2.24. The Kier molecular flexibility index (Phi) is 4.88. The largest absolute Gasteiger partial charge is 0.438 e. The van der Waals surface area contributed by atoms with Crippen molar-refractivity contribution in [3.8, 4) is 11.6 Å². The molecular weight excluding hydrogens is 324 g/mol. The highest BCUT2D eigenvalue weighted by Crippen LogP contribution is 2.36. The van der Waals surface area contributed by atoms with E-state index >= 15 is 0 Å². The van der Waals surface area contributed by atoms with Crippen molar-refractivity contribution in [2.24, 2.45) is 5.92 Å². The van der Waals surface area contributed by atoms with Gasteiger partial charge in [0.05, 0.1) is 6.20 Å². The summed E-state index contributed by atoms with van der Waals surface area (Å²) in [4.78, 5) is 15.0. The molecule has 0 bridgehead atoms. The van der Waals surface area contributed by atoms with Crippen LogP contribution in [0.1, 0.15) is 30.5 Å². The Labute approximate surface area is 153 Å². The summed E-state index contributed by atoms with van der Waals surface area (Å²) < 4.78 is 5.72. The van der Waals surface area contributed by atoms with Crippen molar-refractivity contribution in [1.29, 1.82) is 0 Å². The molecule has 3 aromatic rings. The monoisotopic (exact) mass is 346 g/mol. The SMILES string of the molecule is C[C@@H]1C[C@@H](c2cccnc2)N(Cc2ccc(Oc3cnccn3)cc2)C1. The summed E-state index contributed by atoms with van der Waals surface area (Å²) in [5, 5.41) is 0. The van der Waals surface area contributed by atoms with E-state index < -0.39 is 0 Å². The van der Waals surface area contributed by atoms with E-state index in [9.17, 15) is 0 Å². The quantitative estimate of drug-likeness (QED) is 0.691. The molecular formula is C21H22N4O. The zero-order chi connectivity index (χ0) is 17.8. The predicted molar refractivity (Wildman–Crippen MR) is 99.7 cm³/mol. The molecule has 1 aromatic carbocycles. The summed E-state index contributed by atoms with van der Waals surface area (Å²) in [5.41, 5.74) is 2.58. The molecule has 0 saturated carbocycles. The van der Waals surface area contributed by atoms with E-state index in [4.69, 9.17) is 4.74 Å². The predicted octanol–water partition coefficient (Wildman–Crippen LogP) is 4.25. The molecule has 1 aliphatic heterocycles. The van der Waals surface area contributed by atoms with Crippen LogP contribution in [0.15, 0.2) is 67.4 Å². The molecule has 0 spiro atoms. The molecule has 3 heterocycles. The van der Waals surface area contributed by atoms with Crippen LogP contribution in [-0.4, -0.2) is 26.4 Å². The lowest BCUT2D eigenvalue weighted by molar-refractivity contribution is 0.245. The Morgan fingerprint density at radius 1 is 1.04 bits per heavy atom. The molecule has 2 aromatic heterocycles. The van der Waals surface area contributed by atoms with Gasteiger partial charge in [0.2, 0.25) is 5.88 Å². The smallest absolute Gasteiger partial charge is 0.237 e. The van der Waals surface area contributed by atoms with Crippen LogP contribution < -0.4 is 4.74 Å². The van der Waals surface area contributed by atoms with Crippen LogP contribution in [0.5, 0.6) is 11.6 Å². The van der Waals surface area contributed by atoms with Gasteiger partial charge < -0.3 is 4.74 Å². The third-order valence-electron chi connectivity index (χ3n) is 4.75. The summed E-state index contributed by atoms with van der Waals surface area (Å²) in [6.07, 6.45) is 9.87. The van der Waals surface area contributed by atoms with Gasteiger partial charge >= 0.3 is 0 Å². The molecule has 0 radical (unpaired) electrons. The van der Waals surface area contributed by atoms with Gasteiger partial charge in [-0.3, -0.25) is 14.9 Å². The van der Waals surface area contributed by atoms with Gasteiger partial charge in [0.15, 0.2) is 0 Å². The number of rotatable bonds is 5. The highest BCUT2D eigenvalue weighted by molar-refractivity contribution is 5.30. The zero-order valence-electron chi connectivity index (χ0n) is 14.8. The van der Waals surface area contributed by atoms with Crippen LogP contribution in [0.2, 0.25) is 0 Å². The topological polar surface area (TPSA) is 51.1 Å². The molecule has 1 saturated heterocycles. The van der Waals surface area contributed by atoms with Crippen LogP contribution >= 0.6 is 0 Å². The van der Waals surface area contributed by atoms with Crippen molar-refractivity contribution in [3.63, 3.8) is 0 Å². The number of ether oxygens (including phenoxy) is 1. The van der Waals surface area contributed by atoms with E-state index in [-0.39, 0.29) is 0 Å². The van der Waals surface area contributed by atoms with E-state index in [0.717, 1.165) is 18.8 Å². The van der Waals surface area contributed by atoms with Crippen molar-refractivity contribution in [2.45, 2.75) is 25.9 Å². The van der Waals surface area contributed by atoms with Crippen LogP contribution in [0.3, 0.4) is 0 Å². The Bertz CT molecular complexity index is 824. The van der Waals surface area contributed by atoms with E-state index in [1.807, 2.05) is 30.6 Å². The van der Waals surface area contributed by atoms with E-state index in [0.29, 0.717) is 17.8 Å². The van der Waals surface area contributed by atoms with Gasteiger partial charge in [-0.2, -0.15) is 0 Å². The average molecular weight is 346 g/mol. The third-order valence-corrected chi connectivity index (χ3v) is 4.75. The maximum Gasteiger partial charge on any atom is 0.237 e. The molecule has 0 amide bonds. The molecule has 26 heavy (non-hydrogen) atoms. The maximum absolute atomic E-state index is 5.72. The lowest BCUT2D eigenvalue weighted by Crippen LogP contribution is -2.23. The molecule has 1 fully saturated rings. The first-order valence-corrected chi connectivity index (χ1v) is 8.95. The van der Waals surface area contributed by atoms with Crippen LogP contribution in [0, 0.1) is 5.92 Å². The number of likely N-dealkylation sites (tertiary alicyclic amines) is 1. The minimum atomic E-state index is 0.439. The number of hydrogen-bond donors (Lipinski definition) is 0. The second-order valence-electron chi connectivity index (χ2n) is 6.86. The number of hydrogen-bond acceptors (Lipinski definition) is 5. The van der Waals surface area contributed by atoms with Crippen LogP contribution in [0.25, 0.3) is 0 Å². The zero-order valence-corrected chi connectivity index (χ0v) is 14.8. The lowest BCUT2D eigenvalue weighted by atomic mass is 10.0. The van der Waals surface area contributed by atoms with E-state index in [1.54, 1.807) is 18.6 Å². The molecule has 2 atom stereocenters. The third kappa shape index (κ3) is 3.89. The van der Waals surface area contributed by atoms with Gasteiger partial charge in [-0.05, 0) is 41.7 Å². The summed E-state index contributed by atoms with van der Waals surface area (Å²) in [7, 11) is 0. The fourth-order valence-corrected chi connectivity index (χ4v) is 3.58. The van der Waals surface area contributed by atoms with Gasteiger partial charge in [-0.1, -0.05) is 25.1 Å². The number of pyridine rings is 1. The Hall–Kier alpha value is -2.79. The molecule has 0 N–H and O–H groups in total. The van der Waals surface area contributed by atoms with Crippen LogP contribution in [0.4, 0.5) is 0 Å². The van der Waals surface area contributed by atoms with E-state index in [1.165, 1.54) is 17.5 Å². The Morgan fingerprint density at radius 2 is 1.88 bits per heavy atom. The fourth-order valence-electron chi connectivity index (χ4n) is 3.58. The fraction of sp³-hybridized carbons (Fsp3) is 0.286. The van der Waals surface area contributed by atoms with Crippen molar-refractivity contribution >= 4 is 0 Å². The Balaban J connectivity index is 1.44. The van der Waals surface area contributed by atoms with Gasteiger partial charge in [-0.15, -0.1) is 0 Å². The van der Waals surface area contributed by atoms with Crippen molar-refractivity contribution in [1.82, 2.24) is 19.9 Å². The molecule has 5 nitrogen and oxygen atoms in total. The van der Waals surface area contributed by atoms with Crippen LogP contribution in [-0.2, 0) is 6.54 Å². The highest BCUT2D eigenvalue weighted by Gasteiger charge is 2.30. The van der Waals surface area contributed by atoms with Gasteiger partial charge in [0.25, 0.3) is 0 Å². The first-order valence-electron chi connectivity index (χ1n) is 8.95. The summed E-state index contributed by atoms with van der Waals surface area (Å²) in [5.74, 6) is 1.97. The maximum atomic E-state index is 5.72. The second-order valence-corrected chi connectivity index (χ2v) is 6.86. The minimum absolute atomic E-state index is 0.439. The summed E-state index contributed by atoms with van der Waals surface area (Å²) in [6.45, 7) is 4.36. The second kappa shape index (κ2) is 7.62. The normalized spacial score (nSPS) is 20.2. The molecule has 0 unspecified atom stereocenters. The van der Waals surface area contributed by atoms with Crippen molar-refractivity contribution < 1.29 is 4.74 Å². The van der Waals surface area contributed by atoms with Gasteiger partial charge in [0, 0.05) is 43.9 Å². The number of aromatic nitrogens is 3. The number of benzene rings is 1. The van der Waals surface area contributed by atoms with Crippen molar-refractivity contribution in [2.75, 3.05) is 6.54 Å². The van der Waals surface area contributed by atoms with Crippen molar-refractivity contribution in [3.05, 3.63) is 78.5 Å². The standard InChI is InChI=1S/C21H22N4O/c1-16-11-20(18-3-2-8-22-12-18)25(14-16)15-17-4-6-19(7-5-17)26-21-13-23-9-10-24-21/h2-10,12-13,16,20H,11,14-15H2,1H3/t16-,20+/m1/s1. The average Bonchev–Trinajstić information content (AvgIpc) is 3.05. The summed E-state index contributed by atoms with van der Waals surface area (Å²) in [6, 6.07) is 12.9. The molecule has 1 aliphatic rings. The minimum Gasteiger partial charge on any atom is -0.438 e. The first-order chi connectivity index (χ1) is 12.8. The van der Waals surface area contributed by atoms with Gasteiger partial charge in [0.1, 0.15) is 5.75 Å². The molecule has 0 aliphatic carbocycles. The Morgan fingerprint density at radius 3 is 2.62 bits per heavy atom. The number of nitrogens with zero attached hydrogens (tertiary/aromatic N) is 4. The molecule has 132 valence electrons. The first kappa shape index (κ1) is 16.7.